The lowest BCUT2D eigenvalue weighted by Gasteiger charge is -2.41. The van der Waals surface area contributed by atoms with Crippen molar-refractivity contribution in [1.29, 1.82) is 0 Å². The second-order valence-corrected chi connectivity index (χ2v) is 5.71. The van der Waals surface area contributed by atoms with Crippen molar-refractivity contribution in [2.45, 2.75) is 32.9 Å². The molecule has 1 fully saturated rings. The Morgan fingerprint density at radius 1 is 1.35 bits per heavy atom. The van der Waals surface area contributed by atoms with Crippen LogP contribution >= 0.6 is 0 Å². The van der Waals surface area contributed by atoms with Crippen molar-refractivity contribution in [2.75, 3.05) is 13.1 Å². The summed E-state index contributed by atoms with van der Waals surface area (Å²) >= 11 is 0. The first-order valence-corrected chi connectivity index (χ1v) is 6.89. The second-order valence-electron chi connectivity index (χ2n) is 5.71. The molecule has 0 bridgehead atoms. The van der Waals surface area contributed by atoms with Crippen molar-refractivity contribution in [1.82, 2.24) is 10.2 Å². The van der Waals surface area contributed by atoms with E-state index in [0.29, 0.717) is 19.0 Å². The predicted octanol–water partition coefficient (Wildman–Crippen LogP) is 2.42. The number of piperazine rings is 1. The highest BCUT2D eigenvalue weighted by Crippen LogP contribution is 2.19. The number of rotatable bonds is 2. The third kappa shape index (κ3) is 2.98. The summed E-state index contributed by atoms with van der Waals surface area (Å²) in [5.41, 5.74) is 0.198. The Morgan fingerprint density at radius 3 is 2.65 bits per heavy atom. The number of benzene rings is 1. The summed E-state index contributed by atoms with van der Waals surface area (Å²) in [6, 6.07) is 3.57. The van der Waals surface area contributed by atoms with E-state index in [1.165, 1.54) is 6.07 Å². The van der Waals surface area contributed by atoms with E-state index in [0.717, 1.165) is 12.1 Å². The molecule has 0 radical (unpaired) electrons. The number of amides is 1. The molecule has 1 N–H and O–H groups in total. The van der Waals surface area contributed by atoms with E-state index in [2.05, 4.69) is 5.32 Å². The van der Waals surface area contributed by atoms with Crippen LogP contribution in [0.1, 0.15) is 31.1 Å². The second kappa shape index (κ2) is 5.87. The fourth-order valence-electron chi connectivity index (χ4n) is 2.55. The Bertz CT molecular complexity index is 505. The summed E-state index contributed by atoms with van der Waals surface area (Å²) in [6.45, 7) is 7.39. The molecule has 1 saturated heterocycles. The van der Waals surface area contributed by atoms with E-state index < -0.39 is 11.6 Å². The number of carbonyl (C=O) groups is 1. The normalized spacial score (nSPS) is 23.2. The zero-order chi connectivity index (χ0) is 14.9. The molecule has 1 aliphatic heterocycles. The van der Waals surface area contributed by atoms with Gasteiger partial charge in [-0.2, -0.15) is 0 Å². The molecule has 1 heterocycles. The van der Waals surface area contributed by atoms with Gasteiger partial charge in [0.05, 0.1) is 0 Å². The van der Waals surface area contributed by atoms with Gasteiger partial charge in [0, 0.05) is 30.7 Å². The molecule has 2 atom stereocenters. The summed E-state index contributed by atoms with van der Waals surface area (Å²) in [7, 11) is 0. The van der Waals surface area contributed by atoms with Gasteiger partial charge in [-0.3, -0.25) is 4.79 Å². The summed E-state index contributed by atoms with van der Waals surface area (Å²) in [5.74, 6) is -1.86. The van der Waals surface area contributed by atoms with E-state index in [1.54, 1.807) is 4.90 Å². The molecule has 1 aliphatic rings. The standard InChI is InChI=1S/C15H20F2N2O/c1-9(2)14-7-18-10(3)8-19(14)15(20)11-4-5-12(16)13(17)6-11/h4-6,9-10,14,18H,7-8H2,1-3H3. The molecule has 2 rings (SSSR count). The lowest BCUT2D eigenvalue weighted by Crippen LogP contribution is -2.59. The van der Waals surface area contributed by atoms with Gasteiger partial charge in [-0.25, -0.2) is 8.78 Å². The molecule has 0 spiro atoms. The topological polar surface area (TPSA) is 32.3 Å². The minimum atomic E-state index is -0.986. The number of carbonyl (C=O) groups excluding carboxylic acids is 1. The number of halogens is 2. The number of hydrogen-bond donors (Lipinski definition) is 1. The molecular formula is C15H20F2N2O. The zero-order valence-electron chi connectivity index (χ0n) is 12.0. The van der Waals surface area contributed by atoms with Gasteiger partial charge in [0.2, 0.25) is 0 Å². The summed E-state index contributed by atoms with van der Waals surface area (Å²) in [6.07, 6.45) is 0. The lowest BCUT2D eigenvalue weighted by atomic mass is 9.97. The minimum absolute atomic E-state index is 0.0619. The molecule has 1 aromatic rings. The SMILES string of the molecule is CC1CN(C(=O)c2ccc(F)c(F)c2)C(C(C)C)CN1. The van der Waals surface area contributed by atoms with Gasteiger partial charge in [0.15, 0.2) is 11.6 Å². The first-order valence-electron chi connectivity index (χ1n) is 6.89. The maximum Gasteiger partial charge on any atom is 0.254 e. The summed E-state index contributed by atoms with van der Waals surface area (Å²) in [5, 5.41) is 3.34. The third-order valence-electron chi connectivity index (χ3n) is 3.74. The van der Waals surface area contributed by atoms with E-state index in [1.807, 2.05) is 20.8 Å². The Kier molecular flexibility index (Phi) is 4.38. The fourth-order valence-corrected chi connectivity index (χ4v) is 2.55. The van der Waals surface area contributed by atoms with Crippen LogP contribution in [0.25, 0.3) is 0 Å². The Balaban J connectivity index is 2.26. The molecule has 0 saturated carbocycles. The molecule has 1 aromatic carbocycles. The quantitative estimate of drug-likeness (QED) is 0.903. The average Bonchev–Trinajstić information content (AvgIpc) is 2.40. The van der Waals surface area contributed by atoms with Crippen LogP contribution in [0.4, 0.5) is 8.78 Å². The van der Waals surface area contributed by atoms with Crippen molar-refractivity contribution in [3.05, 3.63) is 35.4 Å². The van der Waals surface area contributed by atoms with Crippen LogP contribution in [0, 0.1) is 17.6 Å². The predicted molar refractivity (Wildman–Crippen MR) is 73.5 cm³/mol. The summed E-state index contributed by atoms with van der Waals surface area (Å²) in [4.78, 5) is 14.3. The molecule has 20 heavy (non-hydrogen) atoms. The van der Waals surface area contributed by atoms with Gasteiger partial charge >= 0.3 is 0 Å². The average molecular weight is 282 g/mol. The van der Waals surface area contributed by atoms with Gasteiger partial charge in [-0.15, -0.1) is 0 Å². The van der Waals surface area contributed by atoms with E-state index in [-0.39, 0.29) is 23.6 Å². The van der Waals surface area contributed by atoms with Gasteiger partial charge in [0.25, 0.3) is 5.91 Å². The monoisotopic (exact) mass is 282 g/mol. The van der Waals surface area contributed by atoms with E-state index >= 15 is 0 Å². The van der Waals surface area contributed by atoms with Crippen LogP contribution < -0.4 is 5.32 Å². The minimum Gasteiger partial charge on any atom is -0.333 e. The maximum atomic E-state index is 13.3. The van der Waals surface area contributed by atoms with Crippen LogP contribution in [-0.4, -0.2) is 36.0 Å². The molecular weight excluding hydrogens is 262 g/mol. The molecule has 3 nitrogen and oxygen atoms in total. The smallest absolute Gasteiger partial charge is 0.254 e. The van der Waals surface area contributed by atoms with Crippen molar-refractivity contribution in [3.63, 3.8) is 0 Å². The first-order chi connectivity index (χ1) is 9.40. The molecule has 1 amide bonds. The van der Waals surface area contributed by atoms with Crippen molar-refractivity contribution in [2.24, 2.45) is 5.92 Å². The number of nitrogens with one attached hydrogen (secondary N) is 1. The highest BCUT2D eigenvalue weighted by molar-refractivity contribution is 5.94. The Morgan fingerprint density at radius 2 is 2.05 bits per heavy atom. The molecule has 110 valence electrons. The van der Waals surface area contributed by atoms with Crippen LogP contribution in [0.2, 0.25) is 0 Å². The Hall–Kier alpha value is -1.49. The fraction of sp³-hybridized carbons (Fsp3) is 0.533. The van der Waals surface area contributed by atoms with Crippen LogP contribution in [0.5, 0.6) is 0 Å². The van der Waals surface area contributed by atoms with Gasteiger partial charge in [-0.1, -0.05) is 13.8 Å². The van der Waals surface area contributed by atoms with Gasteiger partial charge in [-0.05, 0) is 31.0 Å². The van der Waals surface area contributed by atoms with Gasteiger partial charge in [0.1, 0.15) is 0 Å². The van der Waals surface area contributed by atoms with Crippen LogP contribution in [0.3, 0.4) is 0 Å². The Labute approximate surface area is 118 Å². The maximum absolute atomic E-state index is 13.3. The van der Waals surface area contributed by atoms with Crippen molar-refractivity contribution >= 4 is 5.91 Å². The largest absolute Gasteiger partial charge is 0.333 e. The zero-order valence-corrected chi connectivity index (χ0v) is 12.0. The lowest BCUT2D eigenvalue weighted by molar-refractivity contribution is 0.0521. The highest BCUT2D eigenvalue weighted by atomic mass is 19.2. The van der Waals surface area contributed by atoms with E-state index in [4.69, 9.17) is 0 Å². The van der Waals surface area contributed by atoms with Crippen LogP contribution in [-0.2, 0) is 0 Å². The molecule has 0 aliphatic carbocycles. The number of nitrogens with zero attached hydrogens (tertiary/aromatic N) is 1. The summed E-state index contributed by atoms with van der Waals surface area (Å²) < 4.78 is 26.2. The van der Waals surface area contributed by atoms with Gasteiger partial charge < -0.3 is 10.2 Å². The first kappa shape index (κ1) is 14.9. The van der Waals surface area contributed by atoms with Crippen LogP contribution in [0.15, 0.2) is 18.2 Å². The van der Waals surface area contributed by atoms with Crippen molar-refractivity contribution in [3.8, 4) is 0 Å². The third-order valence-corrected chi connectivity index (χ3v) is 3.74. The van der Waals surface area contributed by atoms with Crippen molar-refractivity contribution < 1.29 is 13.6 Å². The molecule has 0 aromatic heterocycles. The molecule has 2 unspecified atom stereocenters. The highest BCUT2D eigenvalue weighted by Gasteiger charge is 2.32. The molecule has 5 heteroatoms. The number of hydrogen-bond acceptors (Lipinski definition) is 2. The van der Waals surface area contributed by atoms with E-state index in [9.17, 15) is 13.6 Å².